The van der Waals surface area contributed by atoms with Gasteiger partial charge in [0.15, 0.2) is 0 Å². The molecular weight excluding hydrogens is 400 g/mol. The zero-order valence-electron chi connectivity index (χ0n) is 19.7. The normalized spacial score (nSPS) is 24.1. The molecule has 32 heavy (non-hydrogen) atoms. The highest BCUT2D eigenvalue weighted by atomic mass is 16.6. The molecule has 3 unspecified atom stereocenters. The molecule has 1 aliphatic carbocycles. The molecule has 5 rings (SSSR count). The first kappa shape index (κ1) is 21.5. The molecule has 0 saturated carbocycles. The highest BCUT2D eigenvalue weighted by Crippen LogP contribution is 2.41. The van der Waals surface area contributed by atoms with E-state index in [1.165, 1.54) is 51.8 Å². The van der Waals surface area contributed by atoms with Gasteiger partial charge in [-0.2, -0.15) is 0 Å². The lowest BCUT2D eigenvalue weighted by atomic mass is 9.79. The van der Waals surface area contributed by atoms with Crippen molar-refractivity contribution in [2.75, 3.05) is 26.4 Å². The molecule has 0 amide bonds. The molecule has 2 aromatic carbocycles. The van der Waals surface area contributed by atoms with Gasteiger partial charge in [0.25, 0.3) is 0 Å². The van der Waals surface area contributed by atoms with Crippen LogP contribution in [0.3, 0.4) is 0 Å². The minimum absolute atomic E-state index is 0.280. The topological polar surface area (TPSA) is 43.5 Å². The van der Waals surface area contributed by atoms with Gasteiger partial charge in [0.1, 0.15) is 36.9 Å². The Balaban J connectivity index is 1.38. The Kier molecular flexibility index (Phi) is 6.00. The second kappa shape index (κ2) is 8.92. The number of rotatable bonds is 8. The number of benzene rings is 2. The minimum Gasteiger partial charge on any atom is -0.491 e. The summed E-state index contributed by atoms with van der Waals surface area (Å²) < 4.78 is 22.4. The first-order valence-electron chi connectivity index (χ1n) is 11.9. The van der Waals surface area contributed by atoms with E-state index >= 15 is 0 Å². The molecule has 0 aromatic heterocycles. The first-order valence-corrected chi connectivity index (χ1v) is 11.9. The van der Waals surface area contributed by atoms with Crippen LogP contribution in [0, 0.1) is 27.7 Å². The predicted molar refractivity (Wildman–Crippen MR) is 127 cm³/mol. The molecule has 170 valence electrons. The van der Waals surface area contributed by atoms with Crippen molar-refractivity contribution >= 4 is 5.57 Å². The zero-order chi connectivity index (χ0) is 22.2. The Morgan fingerprint density at radius 3 is 1.78 bits per heavy atom. The quantitative estimate of drug-likeness (QED) is 0.491. The van der Waals surface area contributed by atoms with Crippen LogP contribution in [0.25, 0.3) is 5.57 Å². The summed E-state index contributed by atoms with van der Waals surface area (Å²) in [5.74, 6) is 2.35. The zero-order valence-corrected chi connectivity index (χ0v) is 19.7. The molecule has 4 heteroatoms. The minimum atomic E-state index is 0.280. The largest absolute Gasteiger partial charge is 0.491 e. The summed E-state index contributed by atoms with van der Waals surface area (Å²) in [6, 6.07) is 8.75. The van der Waals surface area contributed by atoms with Crippen molar-refractivity contribution in [2.24, 2.45) is 0 Å². The van der Waals surface area contributed by atoms with E-state index < -0.39 is 0 Å². The Bertz CT molecular complexity index is 984. The molecular formula is C28H34O4. The molecule has 0 N–H and O–H groups in total. The third-order valence-corrected chi connectivity index (χ3v) is 6.81. The third-order valence-electron chi connectivity index (χ3n) is 6.81. The second-order valence-corrected chi connectivity index (χ2v) is 9.63. The van der Waals surface area contributed by atoms with Crippen LogP contribution < -0.4 is 9.47 Å². The summed E-state index contributed by atoms with van der Waals surface area (Å²) in [5, 5.41) is 0. The van der Waals surface area contributed by atoms with Crippen LogP contribution in [-0.2, 0) is 9.47 Å². The molecule has 4 nitrogen and oxygen atoms in total. The molecule has 0 radical (unpaired) electrons. The first-order chi connectivity index (χ1) is 15.5. The third kappa shape index (κ3) is 4.87. The maximum absolute atomic E-state index is 5.95. The average Bonchev–Trinajstić information content (AvgIpc) is 3.66. The summed E-state index contributed by atoms with van der Waals surface area (Å²) in [6.07, 6.45) is 6.62. The highest BCUT2D eigenvalue weighted by molar-refractivity contribution is 5.73. The van der Waals surface area contributed by atoms with Crippen molar-refractivity contribution in [3.8, 4) is 11.5 Å². The number of allylic oxidation sites excluding steroid dienone is 2. The van der Waals surface area contributed by atoms with Gasteiger partial charge in [-0.1, -0.05) is 6.08 Å². The van der Waals surface area contributed by atoms with Gasteiger partial charge < -0.3 is 18.9 Å². The van der Waals surface area contributed by atoms with Crippen molar-refractivity contribution in [1.82, 2.24) is 0 Å². The van der Waals surface area contributed by atoms with E-state index in [0.717, 1.165) is 31.1 Å². The van der Waals surface area contributed by atoms with Crippen molar-refractivity contribution < 1.29 is 18.9 Å². The number of aryl methyl sites for hydroxylation is 4. The number of epoxide rings is 2. The highest BCUT2D eigenvalue weighted by Gasteiger charge is 2.25. The van der Waals surface area contributed by atoms with E-state index in [1.807, 2.05) is 0 Å². The smallest absolute Gasteiger partial charge is 0.120 e. The molecule has 2 aliphatic heterocycles. The van der Waals surface area contributed by atoms with Gasteiger partial charge in [-0.05, 0) is 110 Å². The lowest BCUT2D eigenvalue weighted by Gasteiger charge is -2.27. The van der Waals surface area contributed by atoms with Crippen LogP contribution in [0.5, 0.6) is 11.5 Å². The molecule has 0 bridgehead atoms. The van der Waals surface area contributed by atoms with E-state index in [9.17, 15) is 0 Å². The second-order valence-electron chi connectivity index (χ2n) is 9.63. The van der Waals surface area contributed by atoms with E-state index in [-0.39, 0.29) is 12.2 Å². The summed E-state index contributed by atoms with van der Waals surface area (Å²) in [7, 11) is 0. The van der Waals surface area contributed by atoms with Crippen molar-refractivity contribution in [3.05, 3.63) is 63.7 Å². The van der Waals surface area contributed by atoms with Crippen molar-refractivity contribution in [1.29, 1.82) is 0 Å². The Morgan fingerprint density at radius 2 is 1.28 bits per heavy atom. The van der Waals surface area contributed by atoms with Crippen LogP contribution in [0.2, 0.25) is 0 Å². The Hall–Kier alpha value is -2.30. The fourth-order valence-electron chi connectivity index (χ4n) is 5.18. The van der Waals surface area contributed by atoms with Gasteiger partial charge in [-0.3, -0.25) is 0 Å². The van der Waals surface area contributed by atoms with Crippen molar-refractivity contribution in [2.45, 2.75) is 65.1 Å². The lowest BCUT2D eigenvalue weighted by molar-refractivity contribution is 0.262. The lowest BCUT2D eigenvalue weighted by Crippen LogP contribution is -2.10. The van der Waals surface area contributed by atoms with Gasteiger partial charge >= 0.3 is 0 Å². The standard InChI is InChI=1S/C28H34O4/c1-17-8-23(29-13-25-15-31-25)9-18(2)27(17)21-6-5-7-22(12-21)28-19(3)10-24(11-20(28)4)30-14-26-16-32-26/h8-12,21,25-26H,5-7,13-16H2,1-4H3. The maximum atomic E-state index is 5.95. The summed E-state index contributed by atoms with van der Waals surface area (Å²) >= 11 is 0. The van der Waals surface area contributed by atoms with Crippen LogP contribution in [0.1, 0.15) is 58.6 Å². The SMILES string of the molecule is Cc1cc(OCC2CO2)cc(C)c1C1=CC(c2c(C)cc(OCC3CO3)cc2C)CCC1. The molecule has 2 fully saturated rings. The predicted octanol–water partition coefficient (Wildman–Crippen LogP) is 5.83. The molecule has 3 atom stereocenters. The molecule has 2 heterocycles. The van der Waals surface area contributed by atoms with Crippen LogP contribution >= 0.6 is 0 Å². The van der Waals surface area contributed by atoms with Gasteiger partial charge in [0.05, 0.1) is 13.2 Å². The molecule has 3 aliphatic rings. The monoisotopic (exact) mass is 434 g/mol. The van der Waals surface area contributed by atoms with Crippen LogP contribution in [0.15, 0.2) is 30.3 Å². The maximum Gasteiger partial charge on any atom is 0.120 e. The van der Waals surface area contributed by atoms with Crippen LogP contribution in [0.4, 0.5) is 0 Å². The fourth-order valence-corrected chi connectivity index (χ4v) is 5.18. The summed E-state index contributed by atoms with van der Waals surface area (Å²) in [4.78, 5) is 0. The average molecular weight is 435 g/mol. The van der Waals surface area contributed by atoms with Gasteiger partial charge in [-0.15, -0.1) is 0 Å². The number of ether oxygens (including phenoxy) is 4. The van der Waals surface area contributed by atoms with Gasteiger partial charge in [-0.25, -0.2) is 0 Å². The molecule has 0 spiro atoms. The van der Waals surface area contributed by atoms with Crippen molar-refractivity contribution in [3.63, 3.8) is 0 Å². The van der Waals surface area contributed by atoms with E-state index in [4.69, 9.17) is 18.9 Å². The Morgan fingerprint density at radius 1 is 0.781 bits per heavy atom. The summed E-state index contributed by atoms with van der Waals surface area (Å²) in [6.45, 7) is 11.8. The van der Waals surface area contributed by atoms with Crippen LogP contribution in [-0.4, -0.2) is 38.6 Å². The number of hydrogen-bond donors (Lipinski definition) is 0. The summed E-state index contributed by atoms with van der Waals surface area (Å²) in [5.41, 5.74) is 9.54. The van der Waals surface area contributed by atoms with Gasteiger partial charge in [0.2, 0.25) is 0 Å². The fraction of sp³-hybridized carbons (Fsp3) is 0.500. The van der Waals surface area contributed by atoms with E-state index in [2.05, 4.69) is 58.0 Å². The Labute approximate surface area is 191 Å². The molecule has 2 saturated heterocycles. The van der Waals surface area contributed by atoms with E-state index in [1.54, 1.807) is 0 Å². The van der Waals surface area contributed by atoms with E-state index in [0.29, 0.717) is 19.1 Å². The molecule has 2 aromatic rings. The number of hydrogen-bond acceptors (Lipinski definition) is 4. The van der Waals surface area contributed by atoms with Gasteiger partial charge in [0, 0.05) is 5.92 Å².